The number of likely N-dealkylation sites (N-methyl/N-ethyl adjacent to an activating group) is 2. The van der Waals surface area contributed by atoms with Gasteiger partial charge in [0.25, 0.3) is 0 Å². The zero-order chi connectivity index (χ0) is 16.7. The van der Waals surface area contributed by atoms with Gasteiger partial charge in [-0.2, -0.15) is 0 Å². The number of carboxylic acids is 1. The Bertz CT molecular complexity index is 584. The van der Waals surface area contributed by atoms with Gasteiger partial charge in [-0.25, -0.2) is 4.79 Å². The van der Waals surface area contributed by atoms with E-state index in [0.717, 1.165) is 32.5 Å². The van der Waals surface area contributed by atoms with Crippen molar-refractivity contribution < 1.29 is 14.7 Å². The number of carbonyl (C=O) groups is 2. The molecule has 1 fully saturated rings. The first kappa shape index (κ1) is 16.2. The van der Waals surface area contributed by atoms with E-state index in [1.807, 2.05) is 18.0 Å². The Morgan fingerprint density at radius 1 is 1.30 bits per heavy atom. The van der Waals surface area contributed by atoms with Crippen molar-refractivity contribution in [3.8, 4) is 0 Å². The molecule has 126 valence electrons. The molecule has 1 saturated heterocycles. The second kappa shape index (κ2) is 6.09. The van der Waals surface area contributed by atoms with Crippen LogP contribution in [0.15, 0.2) is 23.4 Å². The standard InChI is InChI=1S/C17H25N3O3/c1-11-9-20(7-6-18(11)2)12-4-5-13-15(8-12)19(3)10-14(16(13)21)17(22)23/h5,10-12,15H,4,6-9H2,1-3H3,(H,22,23). The molecule has 0 aromatic rings. The monoisotopic (exact) mass is 319 g/mol. The van der Waals surface area contributed by atoms with E-state index in [0.29, 0.717) is 17.7 Å². The summed E-state index contributed by atoms with van der Waals surface area (Å²) in [5, 5.41) is 9.17. The fraction of sp³-hybridized carbons (Fsp3) is 0.647. The average molecular weight is 319 g/mol. The Labute approximate surface area is 137 Å². The van der Waals surface area contributed by atoms with Crippen molar-refractivity contribution >= 4 is 11.8 Å². The van der Waals surface area contributed by atoms with Crippen LogP contribution < -0.4 is 0 Å². The minimum atomic E-state index is -1.14. The summed E-state index contributed by atoms with van der Waals surface area (Å²) in [5.41, 5.74) is 0.535. The summed E-state index contributed by atoms with van der Waals surface area (Å²) in [4.78, 5) is 30.4. The molecule has 0 amide bonds. The number of hydrogen-bond donors (Lipinski definition) is 1. The van der Waals surface area contributed by atoms with Crippen molar-refractivity contribution in [2.45, 2.75) is 37.9 Å². The van der Waals surface area contributed by atoms with Gasteiger partial charge in [0, 0.05) is 50.5 Å². The molecule has 3 atom stereocenters. The van der Waals surface area contributed by atoms with Crippen molar-refractivity contribution in [2.24, 2.45) is 0 Å². The Morgan fingerprint density at radius 2 is 2.04 bits per heavy atom. The summed E-state index contributed by atoms with van der Waals surface area (Å²) in [6, 6.07) is 0.965. The highest BCUT2D eigenvalue weighted by molar-refractivity contribution is 6.24. The first-order chi connectivity index (χ1) is 10.9. The van der Waals surface area contributed by atoms with Crippen LogP contribution in [0, 0.1) is 0 Å². The van der Waals surface area contributed by atoms with Crippen LogP contribution in [0.5, 0.6) is 0 Å². The molecule has 2 heterocycles. The normalized spacial score (nSPS) is 33.1. The SMILES string of the molecule is CC1CN(C2CC=C3C(=O)C(C(=O)O)=CN(C)C3C2)CCN1C. The third kappa shape index (κ3) is 2.93. The number of carbonyl (C=O) groups excluding carboxylic acids is 1. The second-order valence-electron chi connectivity index (χ2n) is 6.97. The maximum atomic E-state index is 12.4. The summed E-state index contributed by atoms with van der Waals surface area (Å²) in [6.45, 7) is 5.41. The van der Waals surface area contributed by atoms with E-state index in [-0.39, 0.29) is 17.4 Å². The first-order valence-corrected chi connectivity index (χ1v) is 8.24. The van der Waals surface area contributed by atoms with Crippen LogP contribution in [-0.4, -0.2) is 83.4 Å². The highest BCUT2D eigenvalue weighted by Crippen LogP contribution is 2.32. The van der Waals surface area contributed by atoms with E-state index < -0.39 is 5.97 Å². The summed E-state index contributed by atoms with van der Waals surface area (Å²) in [7, 11) is 4.02. The number of Topliss-reactive ketones (excluding diaryl/α,β-unsaturated/α-hetero) is 1. The number of rotatable bonds is 2. The van der Waals surface area contributed by atoms with E-state index in [1.165, 1.54) is 6.20 Å². The van der Waals surface area contributed by atoms with E-state index >= 15 is 0 Å². The van der Waals surface area contributed by atoms with Gasteiger partial charge in [0.05, 0.1) is 6.04 Å². The lowest BCUT2D eigenvalue weighted by Crippen LogP contribution is -2.55. The Kier molecular flexibility index (Phi) is 4.29. The van der Waals surface area contributed by atoms with Crippen molar-refractivity contribution in [1.82, 2.24) is 14.7 Å². The van der Waals surface area contributed by atoms with Crippen molar-refractivity contribution in [2.75, 3.05) is 33.7 Å². The number of aliphatic carboxylic acids is 1. The van der Waals surface area contributed by atoms with E-state index in [2.05, 4.69) is 23.8 Å². The molecule has 0 spiro atoms. The third-order valence-electron chi connectivity index (χ3n) is 5.53. The van der Waals surface area contributed by atoms with Gasteiger partial charge in [0.15, 0.2) is 5.78 Å². The van der Waals surface area contributed by atoms with Gasteiger partial charge in [-0.15, -0.1) is 0 Å². The van der Waals surface area contributed by atoms with E-state index in [9.17, 15) is 14.7 Å². The average Bonchev–Trinajstić information content (AvgIpc) is 2.52. The predicted octanol–water partition coefficient (Wildman–Crippen LogP) is 0.563. The van der Waals surface area contributed by atoms with Crippen LogP contribution in [0.1, 0.15) is 19.8 Å². The molecule has 6 heteroatoms. The summed E-state index contributed by atoms with van der Waals surface area (Å²) in [6.07, 6.45) is 5.17. The molecular formula is C17H25N3O3. The highest BCUT2D eigenvalue weighted by Gasteiger charge is 2.39. The first-order valence-electron chi connectivity index (χ1n) is 8.24. The van der Waals surface area contributed by atoms with Crippen molar-refractivity contribution in [1.29, 1.82) is 0 Å². The maximum absolute atomic E-state index is 12.4. The van der Waals surface area contributed by atoms with Crippen LogP contribution in [0.2, 0.25) is 0 Å². The minimum absolute atomic E-state index is 0.000637. The van der Waals surface area contributed by atoms with Crippen LogP contribution in [-0.2, 0) is 9.59 Å². The molecule has 1 N–H and O–H groups in total. The lowest BCUT2D eigenvalue weighted by Gasteiger charge is -2.45. The molecule has 0 radical (unpaired) electrons. The van der Waals surface area contributed by atoms with Gasteiger partial charge < -0.3 is 14.9 Å². The molecule has 6 nitrogen and oxygen atoms in total. The topological polar surface area (TPSA) is 64.1 Å². The third-order valence-corrected chi connectivity index (χ3v) is 5.53. The Morgan fingerprint density at radius 3 is 2.70 bits per heavy atom. The van der Waals surface area contributed by atoms with Crippen LogP contribution in [0.4, 0.5) is 0 Å². The minimum Gasteiger partial charge on any atom is -0.477 e. The number of carboxylic acid groups (broad SMARTS) is 1. The Balaban J connectivity index is 1.76. The second-order valence-corrected chi connectivity index (χ2v) is 6.97. The van der Waals surface area contributed by atoms with Gasteiger partial charge in [0.2, 0.25) is 0 Å². The zero-order valence-corrected chi connectivity index (χ0v) is 14.0. The fourth-order valence-electron chi connectivity index (χ4n) is 3.88. The molecule has 3 rings (SSSR count). The van der Waals surface area contributed by atoms with Gasteiger partial charge in [-0.3, -0.25) is 9.69 Å². The summed E-state index contributed by atoms with van der Waals surface area (Å²) >= 11 is 0. The number of hydrogen-bond acceptors (Lipinski definition) is 5. The molecule has 3 unspecified atom stereocenters. The predicted molar refractivity (Wildman–Crippen MR) is 87.0 cm³/mol. The number of ketones is 1. The van der Waals surface area contributed by atoms with E-state index in [4.69, 9.17) is 0 Å². The molecule has 0 bridgehead atoms. The Hall–Kier alpha value is -1.66. The highest BCUT2D eigenvalue weighted by atomic mass is 16.4. The van der Waals surface area contributed by atoms with Crippen molar-refractivity contribution in [3.63, 3.8) is 0 Å². The summed E-state index contributed by atoms with van der Waals surface area (Å²) in [5.74, 6) is -1.46. The largest absolute Gasteiger partial charge is 0.477 e. The van der Waals surface area contributed by atoms with Gasteiger partial charge in [0.1, 0.15) is 5.57 Å². The lowest BCUT2D eigenvalue weighted by molar-refractivity contribution is -0.134. The quantitative estimate of drug-likeness (QED) is 0.751. The molecule has 2 aliphatic heterocycles. The van der Waals surface area contributed by atoms with E-state index in [1.54, 1.807) is 0 Å². The molecule has 0 saturated carbocycles. The number of piperazine rings is 1. The molecule has 3 aliphatic rings. The smallest absolute Gasteiger partial charge is 0.341 e. The molecular weight excluding hydrogens is 294 g/mol. The van der Waals surface area contributed by atoms with Gasteiger partial charge in [-0.05, 0) is 26.8 Å². The molecule has 0 aromatic carbocycles. The maximum Gasteiger partial charge on any atom is 0.341 e. The lowest BCUT2D eigenvalue weighted by atomic mass is 9.82. The molecule has 0 aromatic heterocycles. The number of fused-ring (bicyclic) bond motifs is 1. The van der Waals surface area contributed by atoms with Crippen LogP contribution in [0.25, 0.3) is 0 Å². The molecule has 1 aliphatic carbocycles. The van der Waals surface area contributed by atoms with Gasteiger partial charge >= 0.3 is 5.97 Å². The van der Waals surface area contributed by atoms with Crippen molar-refractivity contribution in [3.05, 3.63) is 23.4 Å². The summed E-state index contributed by atoms with van der Waals surface area (Å²) < 4.78 is 0. The zero-order valence-electron chi connectivity index (χ0n) is 14.0. The number of nitrogens with zero attached hydrogens (tertiary/aromatic N) is 3. The van der Waals surface area contributed by atoms with Crippen LogP contribution in [0.3, 0.4) is 0 Å². The molecule has 23 heavy (non-hydrogen) atoms. The van der Waals surface area contributed by atoms with Crippen LogP contribution >= 0.6 is 0 Å². The van der Waals surface area contributed by atoms with Gasteiger partial charge in [-0.1, -0.05) is 6.08 Å². The fourth-order valence-corrected chi connectivity index (χ4v) is 3.88.